The maximum absolute atomic E-state index is 11.5. The number of rotatable bonds is 3. The van der Waals surface area contributed by atoms with E-state index in [1.165, 1.54) is 0 Å². The fourth-order valence-electron chi connectivity index (χ4n) is 1.34. The normalized spacial score (nSPS) is 10.4. The van der Waals surface area contributed by atoms with Crippen LogP contribution in [0.3, 0.4) is 0 Å². The molecule has 0 radical (unpaired) electrons. The summed E-state index contributed by atoms with van der Waals surface area (Å²) in [6.07, 6.45) is 0. The van der Waals surface area contributed by atoms with Crippen LogP contribution >= 0.6 is 38.5 Å². The summed E-state index contributed by atoms with van der Waals surface area (Å²) >= 11 is 5.63. The zero-order chi connectivity index (χ0) is 13.1. The summed E-state index contributed by atoms with van der Waals surface area (Å²) in [6, 6.07) is 5.81. The van der Waals surface area contributed by atoms with Crippen LogP contribution in [0.5, 0.6) is 0 Å². The molecular weight excluding hydrogens is 413 g/mol. The Morgan fingerprint density at radius 3 is 3.06 bits per heavy atom. The number of esters is 1. The summed E-state index contributed by atoms with van der Waals surface area (Å²) < 4.78 is 6.78. The highest BCUT2D eigenvalue weighted by Crippen LogP contribution is 2.27. The topological polar surface area (TPSA) is 67.9 Å². The number of carbonyl (C=O) groups is 1. The SMILES string of the molecule is CCOC(=O)c1nc(-c2cc(I)ccc2Br)n[nH]1. The quantitative estimate of drug-likeness (QED) is 0.611. The average molecular weight is 422 g/mol. The zero-order valence-electron chi connectivity index (χ0n) is 9.41. The van der Waals surface area contributed by atoms with Gasteiger partial charge in [0.2, 0.25) is 5.82 Å². The molecule has 0 bridgehead atoms. The van der Waals surface area contributed by atoms with Crippen LogP contribution in [0, 0.1) is 3.57 Å². The standard InChI is InChI=1S/C11H9BrIN3O2/c1-2-18-11(17)10-14-9(15-16-10)7-5-6(13)3-4-8(7)12/h3-5H,2H2,1H3,(H,14,15,16). The molecule has 18 heavy (non-hydrogen) atoms. The van der Waals surface area contributed by atoms with Gasteiger partial charge in [0.15, 0.2) is 5.82 Å². The summed E-state index contributed by atoms with van der Waals surface area (Å²) in [7, 11) is 0. The third-order valence-corrected chi connectivity index (χ3v) is 3.49. The third kappa shape index (κ3) is 2.89. The van der Waals surface area contributed by atoms with Crippen molar-refractivity contribution in [3.05, 3.63) is 32.1 Å². The summed E-state index contributed by atoms with van der Waals surface area (Å²) in [4.78, 5) is 15.6. The number of aromatic amines is 1. The molecule has 0 aliphatic carbocycles. The summed E-state index contributed by atoms with van der Waals surface area (Å²) in [5, 5.41) is 6.60. The molecule has 0 unspecified atom stereocenters. The van der Waals surface area contributed by atoms with Gasteiger partial charge in [-0.1, -0.05) is 15.9 Å². The summed E-state index contributed by atoms with van der Waals surface area (Å²) in [5.41, 5.74) is 0.827. The Hall–Kier alpha value is -0.960. The molecule has 2 aromatic rings. The van der Waals surface area contributed by atoms with Crippen LogP contribution in [-0.4, -0.2) is 27.8 Å². The molecule has 1 aromatic carbocycles. The van der Waals surface area contributed by atoms with E-state index in [9.17, 15) is 4.79 Å². The molecule has 0 atom stereocenters. The molecular formula is C11H9BrIN3O2. The largest absolute Gasteiger partial charge is 0.460 e. The maximum atomic E-state index is 11.5. The van der Waals surface area contributed by atoms with Crippen molar-refractivity contribution in [1.29, 1.82) is 0 Å². The van der Waals surface area contributed by atoms with Crippen LogP contribution in [-0.2, 0) is 4.74 Å². The Balaban J connectivity index is 2.35. The molecule has 0 saturated heterocycles. The van der Waals surface area contributed by atoms with Gasteiger partial charge in [-0.25, -0.2) is 9.78 Å². The Morgan fingerprint density at radius 2 is 2.33 bits per heavy atom. The first-order valence-corrected chi connectivity index (χ1v) is 7.04. The van der Waals surface area contributed by atoms with E-state index in [0.29, 0.717) is 12.4 Å². The van der Waals surface area contributed by atoms with E-state index in [1.54, 1.807) is 6.92 Å². The van der Waals surface area contributed by atoms with Crippen LogP contribution in [0.1, 0.15) is 17.5 Å². The van der Waals surface area contributed by atoms with Crippen molar-refractivity contribution >= 4 is 44.5 Å². The van der Waals surface area contributed by atoms with E-state index in [4.69, 9.17) is 4.74 Å². The minimum absolute atomic E-state index is 0.109. The van der Waals surface area contributed by atoms with E-state index in [0.717, 1.165) is 13.6 Å². The minimum Gasteiger partial charge on any atom is -0.460 e. The van der Waals surface area contributed by atoms with Crippen LogP contribution in [0.25, 0.3) is 11.4 Å². The predicted octanol–water partition coefficient (Wildman–Crippen LogP) is 3.02. The van der Waals surface area contributed by atoms with Gasteiger partial charge >= 0.3 is 5.97 Å². The number of benzene rings is 1. The Kier molecular flexibility index (Phi) is 4.33. The molecule has 2 rings (SSSR count). The second-order valence-electron chi connectivity index (χ2n) is 3.35. The summed E-state index contributed by atoms with van der Waals surface area (Å²) in [5.74, 6) is 0.0686. The molecule has 1 heterocycles. The lowest BCUT2D eigenvalue weighted by atomic mass is 10.2. The number of carbonyl (C=O) groups excluding carboxylic acids is 1. The molecule has 0 aliphatic heterocycles. The van der Waals surface area contributed by atoms with Gasteiger partial charge in [0.25, 0.3) is 0 Å². The lowest BCUT2D eigenvalue weighted by Gasteiger charge is -2.00. The van der Waals surface area contributed by atoms with Gasteiger partial charge in [-0.05, 0) is 47.7 Å². The molecule has 5 nitrogen and oxygen atoms in total. The first-order valence-electron chi connectivity index (χ1n) is 5.16. The number of ether oxygens (including phenoxy) is 1. The molecule has 0 spiro atoms. The Bertz CT molecular complexity index is 585. The fourth-order valence-corrected chi connectivity index (χ4v) is 2.26. The fraction of sp³-hybridized carbons (Fsp3) is 0.182. The molecule has 7 heteroatoms. The molecule has 1 N–H and O–H groups in total. The van der Waals surface area contributed by atoms with Crippen molar-refractivity contribution < 1.29 is 9.53 Å². The third-order valence-electron chi connectivity index (χ3n) is 2.12. The molecule has 0 fully saturated rings. The Labute approximate surface area is 126 Å². The lowest BCUT2D eigenvalue weighted by molar-refractivity contribution is 0.0512. The van der Waals surface area contributed by atoms with Crippen molar-refractivity contribution in [2.45, 2.75) is 6.92 Å². The Morgan fingerprint density at radius 1 is 1.56 bits per heavy atom. The van der Waals surface area contributed by atoms with Crippen LogP contribution in [0.4, 0.5) is 0 Å². The second-order valence-corrected chi connectivity index (χ2v) is 5.45. The lowest BCUT2D eigenvalue weighted by Crippen LogP contribution is -2.06. The maximum Gasteiger partial charge on any atom is 0.375 e. The van der Waals surface area contributed by atoms with Crippen molar-refractivity contribution in [1.82, 2.24) is 15.2 Å². The van der Waals surface area contributed by atoms with E-state index < -0.39 is 5.97 Å². The number of nitrogens with one attached hydrogen (secondary N) is 1. The highest BCUT2D eigenvalue weighted by Gasteiger charge is 2.15. The monoisotopic (exact) mass is 421 g/mol. The number of hydrogen-bond donors (Lipinski definition) is 1. The number of hydrogen-bond acceptors (Lipinski definition) is 4. The van der Waals surface area contributed by atoms with Gasteiger partial charge < -0.3 is 4.74 Å². The van der Waals surface area contributed by atoms with Crippen LogP contribution in [0.2, 0.25) is 0 Å². The van der Waals surface area contributed by atoms with E-state index in [-0.39, 0.29) is 5.82 Å². The molecule has 0 saturated carbocycles. The van der Waals surface area contributed by atoms with E-state index >= 15 is 0 Å². The summed E-state index contributed by atoms with van der Waals surface area (Å²) in [6.45, 7) is 2.05. The van der Waals surface area contributed by atoms with Gasteiger partial charge in [-0.3, -0.25) is 5.10 Å². The van der Waals surface area contributed by atoms with E-state index in [1.807, 2.05) is 18.2 Å². The van der Waals surface area contributed by atoms with Crippen LogP contribution < -0.4 is 0 Å². The van der Waals surface area contributed by atoms with Crippen LogP contribution in [0.15, 0.2) is 22.7 Å². The van der Waals surface area contributed by atoms with Gasteiger partial charge in [0.05, 0.1) is 6.61 Å². The van der Waals surface area contributed by atoms with Crippen molar-refractivity contribution in [3.8, 4) is 11.4 Å². The second kappa shape index (κ2) is 5.79. The average Bonchev–Trinajstić information content (AvgIpc) is 2.82. The first kappa shape index (κ1) is 13.5. The number of H-pyrrole nitrogens is 1. The molecule has 94 valence electrons. The number of aromatic nitrogens is 3. The molecule has 0 aliphatic rings. The van der Waals surface area contributed by atoms with Gasteiger partial charge in [-0.15, -0.1) is 0 Å². The highest BCUT2D eigenvalue weighted by atomic mass is 127. The number of nitrogens with zero attached hydrogens (tertiary/aromatic N) is 2. The van der Waals surface area contributed by atoms with Gasteiger partial charge in [0, 0.05) is 13.6 Å². The van der Waals surface area contributed by atoms with E-state index in [2.05, 4.69) is 53.7 Å². The van der Waals surface area contributed by atoms with Crippen molar-refractivity contribution in [2.75, 3.05) is 6.61 Å². The van der Waals surface area contributed by atoms with Gasteiger partial charge in [0.1, 0.15) is 0 Å². The van der Waals surface area contributed by atoms with Crippen molar-refractivity contribution in [3.63, 3.8) is 0 Å². The molecule has 1 aromatic heterocycles. The first-order chi connectivity index (χ1) is 8.61. The minimum atomic E-state index is -0.502. The highest BCUT2D eigenvalue weighted by molar-refractivity contribution is 14.1. The van der Waals surface area contributed by atoms with Crippen molar-refractivity contribution in [2.24, 2.45) is 0 Å². The molecule has 0 amide bonds. The predicted molar refractivity (Wildman–Crippen MR) is 78.2 cm³/mol. The smallest absolute Gasteiger partial charge is 0.375 e. The van der Waals surface area contributed by atoms with Gasteiger partial charge in [-0.2, -0.15) is 5.10 Å². The zero-order valence-corrected chi connectivity index (χ0v) is 13.1. The number of halogens is 2.